The molecule has 0 fully saturated rings. The Morgan fingerprint density at radius 3 is 2.63 bits per heavy atom. The first-order valence-corrected chi connectivity index (χ1v) is 6.76. The Labute approximate surface area is 115 Å². The normalized spacial score (nSPS) is 11.7. The second kappa shape index (κ2) is 8.35. The minimum atomic E-state index is -0.364. The molecule has 0 saturated heterocycles. The van der Waals surface area contributed by atoms with E-state index in [4.69, 9.17) is 4.74 Å². The summed E-state index contributed by atoms with van der Waals surface area (Å²) >= 11 is 0. The maximum absolute atomic E-state index is 11.6. The van der Waals surface area contributed by atoms with E-state index in [1.165, 1.54) is 5.56 Å². The molecule has 3 nitrogen and oxygen atoms in total. The Balaban J connectivity index is 2.49. The molecular weight excluding hydrogens is 238 g/mol. The Kier molecular flexibility index (Phi) is 6.72. The number of ether oxygens (including phenoxy) is 1. The highest BCUT2D eigenvalue weighted by Gasteiger charge is 2.14. The van der Waals surface area contributed by atoms with E-state index in [0.717, 1.165) is 24.8 Å². The molecule has 0 aromatic heterocycles. The van der Waals surface area contributed by atoms with E-state index in [9.17, 15) is 4.79 Å². The lowest BCUT2D eigenvalue weighted by atomic mass is 10.0. The molecular formula is C16H23NO2. The van der Waals surface area contributed by atoms with Gasteiger partial charge < -0.3 is 10.1 Å². The van der Waals surface area contributed by atoms with Crippen LogP contribution in [0, 0.1) is 0 Å². The lowest BCUT2D eigenvalue weighted by molar-refractivity contribution is 0.142. The Hall–Kier alpha value is -1.77. The first kappa shape index (κ1) is 15.3. The summed E-state index contributed by atoms with van der Waals surface area (Å²) in [6.45, 7) is 8.38. The van der Waals surface area contributed by atoms with Crippen LogP contribution in [0.5, 0.6) is 0 Å². The van der Waals surface area contributed by atoms with Crippen molar-refractivity contribution in [1.82, 2.24) is 5.32 Å². The molecule has 104 valence electrons. The van der Waals surface area contributed by atoms with Crippen LogP contribution < -0.4 is 5.32 Å². The van der Waals surface area contributed by atoms with Crippen molar-refractivity contribution in [2.24, 2.45) is 0 Å². The molecule has 1 aromatic carbocycles. The van der Waals surface area contributed by atoms with Crippen LogP contribution >= 0.6 is 0 Å². The summed E-state index contributed by atoms with van der Waals surface area (Å²) in [5.41, 5.74) is 2.10. The fourth-order valence-corrected chi connectivity index (χ4v) is 1.69. The van der Waals surface area contributed by atoms with E-state index in [1.807, 2.05) is 37.3 Å². The smallest absolute Gasteiger partial charge is 0.407 e. The third-order valence-corrected chi connectivity index (χ3v) is 2.90. The van der Waals surface area contributed by atoms with Gasteiger partial charge in [0.2, 0.25) is 0 Å². The van der Waals surface area contributed by atoms with Crippen LogP contribution in [0.25, 0.3) is 0 Å². The summed E-state index contributed by atoms with van der Waals surface area (Å²) < 4.78 is 5.11. The number of alkyl carbamates (subject to hydrolysis) is 1. The molecule has 0 radical (unpaired) electrons. The summed E-state index contributed by atoms with van der Waals surface area (Å²) in [6.07, 6.45) is 2.28. The zero-order chi connectivity index (χ0) is 14.1. The highest BCUT2D eigenvalue weighted by Crippen LogP contribution is 2.09. The van der Waals surface area contributed by atoms with Gasteiger partial charge in [-0.3, -0.25) is 0 Å². The highest BCUT2D eigenvalue weighted by atomic mass is 16.5. The average molecular weight is 261 g/mol. The number of hydrogen-bond donors (Lipinski definition) is 1. The fraction of sp³-hybridized carbons (Fsp3) is 0.438. The Morgan fingerprint density at radius 1 is 1.37 bits per heavy atom. The molecule has 1 atom stereocenters. The van der Waals surface area contributed by atoms with E-state index in [0.29, 0.717) is 6.61 Å². The van der Waals surface area contributed by atoms with E-state index in [-0.39, 0.29) is 12.1 Å². The molecule has 0 unspecified atom stereocenters. The minimum Gasteiger partial charge on any atom is -0.450 e. The summed E-state index contributed by atoms with van der Waals surface area (Å²) in [6, 6.07) is 9.96. The zero-order valence-corrected chi connectivity index (χ0v) is 11.8. The van der Waals surface area contributed by atoms with Crippen molar-refractivity contribution in [3.63, 3.8) is 0 Å². The summed E-state index contributed by atoms with van der Waals surface area (Å²) in [7, 11) is 0. The standard InChI is InChI=1S/C16H23NO2/c1-4-5-11-19-16(18)17-15(13(2)3)12-14-9-7-6-8-10-14/h6-10,15H,2,4-5,11-12H2,1,3H3,(H,17,18)/t15-/m0/s1. The highest BCUT2D eigenvalue weighted by molar-refractivity contribution is 5.68. The van der Waals surface area contributed by atoms with Crippen molar-refractivity contribution in [2.45, 2.75) is 39.2 Å². The van der Waals surface area contributed by atoms with E-state index >= 15 is 0 Å². The fourth-order valence-electron chi connectivity index (χ4n) is 1.69. The Morgan fingerprint density at radius 2 is 2.05 bits per heavy atom. The quantitative estimate of drug-likeness (QED) is 0.600. The van der Waals surface area contributed by atoms with Crippen LogP contribution in [0.3, 0.4) is 0 Å². The first-order valence-electron chi connectivity index (χ1n) is 6.76. The molecule has 1 N–H and O–H groups in total. The average Bonchev–Trinajstić information content (AvgIpc) is 2.39. The van der Waals surface area contributed by atoms with Crippen molar-refractivity contribution in [1.29, 1.82) is 0 Å². The van der Waals surface area contributed by atoms with Crippen LogP contribution in [0.15, 0.2) is 42.5 Å². The topological polar surface area (TPSA) is 38.3 Å². The van der Waals surface area contributed by atoms with Gasteiger partial charge in [-0.15, -0.1) is 0 Å². The molecule has 1 rings (SSSR count). The van der Waals surface area contributed by atoms with Gasteiger partial charge in [-0.05, 0) is 25.3 Å². The third-order valence-electron chi connectivity index (χ3n) is 2.90. The molecule has 0 saturated carbocycles. The van der Waals surface area contributed by atoms with Crippen LogP contribution in [-0.2, 0) is 11.2 Å². The number of unbranched alkanes of at least 4 members (excludes halogenated alkanes) is 1. The largest absolute Gasteiger partial charge is 0.450 e. The predicted octanol–water partition coefficient (Wildman–Crippen LogP) is 3.70. The maximum Gasteiger partial charge on any atom is 0.407 e. The van der Waals surface area contributed by atoms with Crippen LogP contribution in [-0.4, -0.2) is 18.7 Å². The molecule has 1 aromatic rings. The third kappa shape index (κ3) is 6.09. The van der Waals surface area contributed by atoms with Crippen molar-refractivity contribution in [3.05, 3.63) is 48.0 Å². The van der Waals surface area contributed by atoms with Crippen molar-refractivity contribution in [3.8, 4) is 0 Å². The summed E-state index contributed by atoms with van der Waals surface area (Å²) in [5.74, 6) is 0. The number of benzene rings is 1. The summed E-state index contributed by atoms with van der Waals surface area (Å²) in [5, 5.41) is 2.86. The van der Waals surface area contributed by atoms with Crippen molar-refractivity contribution < 1.29 is 9.53 Å². The minimum absolute atomic E-state index is 0.0865. The number of nitrogens with one attached hydrogen (secondary N) is 1. The molecule has 19 heavy (non-hydrogen) atoms. The van der Waals surface area contributed by atoms with Crippen molar-refractivity contribution in [2.75, 3.05) is 6.61 Å². The number of amides is 1. The lowest BCUT2D eigenvalue weighted by Gasteiger charge is -2.18. The van der Waals surface area contributed by atoms with E-state index in [2.05, 4.69) is 18.8 Å². The molecule has 0 bridgehead atoms. The molecule has 0 heterocycles. The first-order chi connectivity index (χ1) is 9.13. The van der Waals surface area contributed by atoms with Gasteiger partial charge in [-0.2, -0.15) is 0 Å². The molecule has 0 aliphatic rings. The van der Waals surface area contributed by atoms with Gasteiger partial charge in [-0.1, -0.05) is 55.8 Å². The Bertz CT molecular complexity index is 400. The lowest BCUT2D eigenvalue weighted by Crippen LogP contribution is -2.37. The monoisotopic (exact) mass is 261 g/mol. The molecule has 3 heteroatoms. The van der Waals surface area contributed by atoms with Crippen LogP contribution in [0.1, 0.15) is 32.3 Å². The second-order valence-corrected chi connectivity index (χ2v) is 4.72. The van der Waals surface area contributed by atoms with Crippen LogP contribution in [0.4, 0.5) is 4.79 Å². The van der Waals surface area contributed by atoms with Gasteiger partial charge >= 0.3 is 6.09 Å². The number of carbonyl (C=O) groups is 1. The maximum atomic E-state index is 11.6. The van der Waals surface area contributed by atoms with E-state index < -0.39 is 0 Å². The van der Waals surface area contributed by atoms with Gasteiger partial charge in [0.15, 0.2) is 0 Å². The summed E-state index contributed by atoms with van der Waals surface area (Å²) in [4.78, 5) is 11.6. The second-order valence-electron chi connectivity index (χ2n) is 4.72. The van der Waals surface area contributed by atoms with Gasteiger partial charge in [0.1, 0.15) is 0 Å². The zero-order valence-electron chi connectivity index (χ0n) is 11.8. The van der Waals surface area contributed by atoms with E-state index in [1.54, 1.807) is 0 Å². The molecule has 1 amide bonds. The molecule has 0 aliphatic carbocycles. The SMILES string of the molecule is C=C(C)[C@H](Cc1ccccc1)NC(=O)OCCCC. The van der Waals surface area contributed by atoms with Gasteiger partial charge in [-0.25, -0.2) is 4.79 Å². The number of carbonyl (C=O) groups excluding carboxylic acids is 1. The van der Waals surface area contributed by atoms with Gasteiger partial charge in [0.05, 0.1) is 12.6 Å². The van der Waals surface area contributed by atoms with Crippen molar-refractivity contribution >= 4 is 6.09 Å². The molecule has 0 spiro atoms. The molecule has 0 aliphatic heterocycles. The predicted molar refractivity (Wildman–Crippen MR) is 78.1 cm³/mol. The number of rotatable bonds is 7. The number of hydrogen-bond acceptors (Lipinski definition) is 2. The van der Waals surface area contributed by atoms with Gasteiger partial charge in [0, 0.05) is 0 Å². The van der Waals surface area contributed by atoms with Gasteiger partial charge in [0.25, 0.3) is 0 Å². The van der Waals surface area contributed by atoms with Crippen LogP contribution in [0.2, 0.25) is 0 Å².